The van der Waals surface area contributed by atoms with Gasteiger partial charge in [-0.25, -0.2) is 4.79 Å². The number of nitrogens with one attached hydrogen (secondary N) is 1. The number of nitrogens with zero attached hydrogens (tertiary/aromatic N) is 3. The Balaban J connectivity index is 1.84. The van der Waals surface area contributed by atoms with Crippen LogP contribution in [-0.4, -0.2) is 50.9 Å². The first-order valence-corrected chi connectivity index (χ1v) is 6.73. The second-order valence-electron chi connectivity index (χ2n) is 5.41. The van der Waals surface area contributed by atoms with E-state index in [1.54, 1.807) is 15.8 Å². The monoisotopic (exact) mass is 280 g/mol. The molecule has 7 heteroatoms. The third-order valence-electron chi connectivity index (χ3n) is 3.61. The van der Waals surface area contributed by atoms with Crippen LogP contribution < -0.4 is 5.32 Å². The maximum absolute atomic E-state index is 12.1. The van der Waals surface area contributed by atoms with Crippen LogP contribution in [0.4, 0.5) is 4.79 Å². The molecule has 2 amide bonds. The van der Waals surface area contributed by atoms with Gasteiger partial charge < -0.3 is 15.3 Å². The van der Waals surface area contributed by atoms with Gasteiger partial charge in [-0.05, 0) is 18.9 Å². The molecule has 1 unspecified atom stereocenters. The molecule has 7 nitrogen and oxygen atoms in total. The smallest absolute Gasteiger partial charge is 0.317 e. The Bertz CT molecular complexity index is 474. The van der Waals surface area contributed by atoms with Gasteiger partial charge in [-0.1, -0.05) is 6.92 Å². The number of aliphatic carboxylic acids is 1. The zero-order valence-corrected chi connectivity index (χ0v) is 11.7. The minimum Gasteiger partial charge on any atom is -0.481 e. The van der Waals surface area contributed by atoms with E-state index in [1.807, 2.05) is 26.1 Å². The number of carboxylic acids is 1. The van der Waals surface area contributed by atoms with E-state index in [9.17, 15) is 9.59 Å². The molecule has 1 saturated heterocycles. The molecule has 2 N–H and O–H groups in total. The quantitative estimate of drug-likeness (QED) is 0.847. The Morgan fingerprint density at radius 3 is 2.80 bits per heavy atom. The molecule has 0 bridgehead atoms. The highest BCUT2D eigenvalue weighted by molar-refractivity contribution is 5.77. The van der Waals surface area contributed by atoms with Gasteiger partial charge in [0, 0.05) is 31.5 Å². The van der Waals surface area contributed by atoms with Crippen molar-refractivity contribution >= 4 is 12.0 Å². The summed E-state index contributed by atoms with van der Waals surface area (Å²) in [6, 6.07) is 1.55. The van der Waals surface area contributed by atoms with Crippen molar-refractivity contribution < 1.29 is 14.7 Å². The number of aromatic nitrogens is 2. The van der Waals surface area contributed by atoms with Crippen LogP contribution in [0.25, 0.3) is 0 Å². The molecule has 0 aliphatic carbocycles. The van der Waals surface area contributed by atoms with E-state index < -0.39 is 11.9 Å². The predicted octanol–water partition coefficient (Wildman–Crippen LogP) is 0.634. The first-order valence-electron chi connectivity index (χ1n) is 6.73. The average Bonchev–Trinajstić information content (AvgIpc) is 2.98. The van der Waals surface area contributed by atoms with Crippen LogP contribution in [0, 0.1) is 11.8 Å². The summed E-state index contributed by atoms with van der Waals surface area (Å²) >= 11 is 0. The standard InChI is InChI=1S/C13H20N4O3/c1-9-6-16(8-11(9)12(18)19)13(20)15-10(2)7-17-5-3-4-14-17/h3-5,9-11H,6-8H2,1-2H3,(H,15,20)(H,18,19)/t9-,10?,11-/m1/s1. The van der Waals surface area contributed by atoms with E-state index in [-0.39, 0.29) is 24.5 Å². The molecule has 0 spiro atoms. The van der Waals surface area contributed by atoms with Crippen molar-refractivity contribution in [3.8, 4) is 0 Å². The highest BCUT2D eigenvalue weighted by Gasteiger charge is 2.37. The van der Waals surface area contributed by atoms with E-state index >= 15 is 0 Å². The van der Waals surface area contributed by atoms with Crippen molar-refractivity contribution in [3.63, 3.8) is 0 Å². The fourth-order valence-corrected chi connectivity index (χ4v) is 2.49. The summed E-state index contributed by atoms with van der Waals surface area (Å²) in [5.74, 6) is -1.32. The fourth-order valence-electron chi connectivity index (χ4n) is 2.49. The second-order valence-corrected chi connectivity index (χ2v) is 5.41. The lowest BCUT2D eigenvalue weighted by molar-refractivity contribution is -0.142. The number of rotatable bonds is 4. The molecule has 1 aliphatic heterocycles. The van der Waals surface area contributed by atoms with E-state index in [4.69, 9.17) is 5.11 Å². The molecule has 1 aromatic heterocycles. The van der Waals surface area contributed by atoms with Crippen molar-refractivity contribution in [2.45, 2.75) is 26.4 Å². The molecule has 0 aromatic carbocycles. The lowest BCUT2D eigenvalue weighted by atomic mass is 9.99. The zero-order valence-electron chi connectivity index (χ0n) is 11.7. The number of carbonyl (C=O) groups is 2. The Morgan fingerprint density at radius 1 is 1.50 bits per heavy atom. The van der Waals surface area contributed by atoms with E-state index in [1.165, 1.54) is 0 Å². The van der Waals surface area contributed by atoms with Crippen molar-refractivity contribution in [2.75, 3.05) is 13.1 Å². The largest absolute Gasteiger partial charge is 0.481 e. The summed E-state index contributed by atoms with van der Waals surface area (Å²) < 4.78 is 1.75. The van der Waals surface area contributed by atoms with Gasteiger partial charge in [0.1, 0.15) is 0 Å². The molecule has 20 heavy (non-hydrogen) atoms. The molecule has 2 rings (SSSR count). The van der Waals surface area contributed by atoms with Crippen LogP contribution in [0.2, 0.25) is 0 Å². The number of amides is 2. The van der Waals surface area contributed by atoms with Gasteiger partial charge in [0.05, 0.1) is 12.5 Å². The predicted molar refractivity (Wildman–Crippen MR) is 72.1 cm³/mol. The average molecular weight is 280 g/mol. The third kappa shape index (κ3) is 3.28. The van der Waals surface area contributed by atoms with Crippen molar-refractivity contribution in [3.05, 3.63) is 18.5 Å². The topological polar surface area (TPSA) is 87.5 Å². The number of carbonyl (C=O) groups excluding carboxylic acids is 1. The highest BCUT2D eigenvalue weighted by Crippen LogP contribution is 2.23. The summed E-state index contributed by atoms with van der Waals surface area (Å²) in [5.41, 5.74) is 0. The highest BCUT2D eigenvalue weighted by atomic mass is 16.4. The van der Waals surface area contributed by atoms with Gasteiger partial charge in [0.25, 0.3) is 0 Å². The van der Waals surface area contributed by atoms with Gasteiger partial charge in [0.2, 0.25) is 0 Å². The van der Waals surface area contributed by atoms with Crippen LogP contribution in [0.15, 0.2) is 18.5 Å². The Morgan fingerprint density at radius 2 is 2.25 bits per heavy atom. The van der Waals surface area contributed by atoms with Crippen LogP contribution in [-0.2, 0) is 11.3 Å². The molecular formula is C13H20N4O3. The normalized spacial score (nSPS) is 23.6. The summed E-state index contributed by atoms with van der Waals surface area (Å²) in [6.07, 6.45) is 3.52. The second kappa shape index (κ2) is 5.94. The number of carboxylic acid groups (broad SMARTS) is 1. The van der Waals surface area contributed by atoms with Crippen LogP contribution in [0.1, 0.15) is 13.8 Å². The lowest BCUT2D eigenvalue weighted by Gasteiger charge is -2.20. The summed E-state index contributed by atoms with van der Waals surface area (Å²) in [4.78, 5) is 24.7. The lowest BCUT2D eigenvalue weighted by Crippen LogP contribution is -2.44. The molecule has 1 fully saturated rings. The Kier molecular flexibility index (Phi) is 4.26. The molecule has 1 aromatic rings. The van der Waals surface area contributed by atoms with E-state index in [2.05, 4.69) is 10.4 Å². The van der Waals surface area contributed by atoms with Crippen LogP contribution in [0.3, 0.4) is 0 Å². The number of urea groups is 1. The summed E-state index contributed by atoms with van der Waals surface area (Å²) in [7, 11) is 0. The molecule has 1 aliphatic rings. The molecular weight excluding hydrogens is 260 g/mol. The van der Waals surface area contributed by atoms with Crippen LogP contribution >= 0.6 is 0 Å². The SMILES string of the molecule is CC(Cn1cccn1)NC(=O)N1C[C@@H](C)[C@H](C(=O)O)C1. The number of hydrogen-bond donors (Lipinski definition) is 2. The Hall–Kier alpha value is -2.05. The summed E-state index contributed by atoms with van der Waals surface area (Å²) in [6.45, 7) is 5.10. The number of hydrogen-bond acceptors (Lipinski definition) is 3. The third-order valence-corrected chi connectivity index (χ3v) is 3.61. The van der Waals surface area contributed by atoms with Crippen molar-refractivity contribution in [2.24, 2.45) is 11.8 Å². The van der Waals surface area contributed by atoms with Gasteiger partial charge in [-0.2, -0.15) is 5.10 Å². The summed E-state index contributed by atoms with van der Waals surface area (Å²) in [5, 5.41) is 16.0. The maximum Gasteiger partial charge on any atom is 0.317 e. The zero-order chi connectivity index (χ0) is 14.7. The minimum absolute atomic E-state index is 0.0142. The van der Waals surface area contributed by atoms with Gasteiger partial charge in [-0.3, -0.25) is 9.48 Å². The fraction of sp³-hybridized carbons (Fsp3) is 0.615. The number of likely N-dealkylation sites (tertiary alicyclic amines) is 1. The van der Waals surface area contributed by atoms with Crippen molar-refractivity contribution in [1.82, 2.24) is 20.0 Å². The first kappa shape index (κ1) is 14.4. The molecule has 0 saturated carbocycles. The maximum atomic E-state index is 12.1. The van der Waals surface area contributed by atoms with Gasteiger partial charge in [-0.15, -0.1) is 0 Å². The van der Waals surface area contributed by atoms with Crippen molar-refractivity contribution in [1.29, 1.82) is 0 Å². The van der Waals surface area contributed by atoms with E-state index in [0.29, 0.717) is 13.1 Å². The molecule has 0 radical (unpaired) electrons. The molecule has 110 valence electrons. The van der Waals surface area contributed by atoms with E-state index in [0.717, 1.165) is 0 Å². The molecule has 2 heterocycles. The van der Waals surface area contributed by atoms with Gasteiger partial charge >= 0.3 is 12.0 Å². The minimum atomic E-state index is -0.836. The van der Waals surface area contributed by atoms with Gasteiger partial charge in [0.15, 0.2) is 0 Å². The molecule has 3 atom stereocenters. The Labute approximate surface area is 117 Å². The first-order chi connectivity index (χ1) is 9.47. The van der Waals surface area contributed by atoms with Crippen LogP contribution in [0.5, 0.6) is 0 Å².